The molecular weight excluding hydrogens is 436 g/mol. The van der Waals surface area contributed by atoms with Crippen molar-refractivity contribution >= 4 is 34.9 Å². The summed E-state index contributed by atoms with van der Waals surface area (Å²) in [5.74, 6) is 0.514. The van der Waals surface area contributed by atoms with E-state index in [1.54, 1.807) is 18.6 Å². The van der Waals surface area contributed by atoms with Crippen LogP contribution in [0.4, 0.5) is 17.2 Å². The topological polar surface area (TPSA) is 71.5 Å². The number of carbonyl (C=O) groups is 1. The molecule has 1 atom stereocenters. The normalized spacial score (nSPS) is 16.2. The molecule has 0 aliphatic carbocycles. The number of carbonyl (C=O) groups excluding carboxylic acids is 1. The van der Waals surface area contributed by atoms with Gasteiger partial charge < -0.3 is 4.74 Å². The largest absolute Gasteiger partial charge is 0.379 e. The fourth-order valence-electron chi connectivity index (χ4n) is 3.89. The van der Waals surface area contributed by atoms with Crippen LogP contribution in [0.2, 0.25) is 0 Å². The Morgan fingerprint density at radius 2 is 1.85 bits per heavy atom. The van der Waals surface area contributed by atoms with Crippen molar-refractivity contribution in [3.63, 3.8) is 0 Å². The quantitative estimate of drug-likeness (QED) is 0.297. The lowest BCUT2D eigenvalue weighted by molar-refractivity contribution is 0.0373. The van der Waals surface area contributed by atoms with Crippen LogP contribution in [0.1, 0.15) is 17.3 Å². The smallest absolute Gasteiger partial charge is 0.356 e. The first-order valence-corrected chi connectivity index (χ1v) is 12.2. The van der Waals surface area contributed by atoms with Gasteiger partial charge in [0.15, 0.2) is 11.0 Å². The highest BCUT2D eigenvalue weighted by Crippen LogP contribution is 2.33. The minimum absolute atomic E-state index is 0.0689. The first kappa shape index (κ1) is 23.3. The lowest BCUT2D eigenvalue weighted by Crippen LogP contribution is -2.52. The monoisotopic (exact) mass is 465 g/mol. The van der Waals surface area contributed by atoms with Crippen LogP contribution in [0.15, 0.2) is 66.2 Å². The Labute approximate surface area is 198 Å². The molecule has 9 heteroatoms. The number of thioether (sulfide) groups is 1. The number of anilines is 2. The van der Waals surface area contributed by atoms with Crippen LogP contribution in [0.25, 0.3) is 0 Å². The fraction of sp³-hybridized carbons (Fsp3) is 0.333. The van der Waals surface area contributed by atoms with Gasteiger partial charge in [0.25, 0.3) is 0 Å². The number of hydrogen-bond acceptors (Lipinski definition) is 8. The summed E-state index contributed by atoms with van der Waals surface area (Å²) in [6.45, 7) is 5.22. The van der Waals surface area contributed by atoms with E-state index in [-0.39, 0.29) is 10.4 Å². The SMILES string of the molecule is CC[N+](C)(C(=O)c1cnc(SC)nc1N(c1ccccc1)N1CCOCC1)c1ccncc1. The van der Waals surface area contributed by atoms with Crippen LogP contribution >= 0.6 is 11.8 Å². The van der Waals surface area contributed by atoms with Crippen molar-refractivity contribution in [3.05, 3.63) is 66.6 Å². The second kappa shape index (κ2) is 10.4. The third-order valence-electron chi connectivity index (χ3n) is 5.94. The zero-order chi connectivity index (χ0) is 23.3. The standard InChI is InChI=1S/C24H29N6O2S/c1-4-30(2,20-10-12-25-13-11-20)23(31)21-18-26-24(33-3)27-22(21)29(19-8-6-5-7-9-19)28-14-16-32-17-15-28/h5-13,18H,4,14-17H2,1-3H3/q+1. The van der Waals surface area contributed by atoms with E-state index in [1.807, 2.05) is 67.7 Å². The van der Waals surface area contributed by atoms with Crippen molar-refractivity contribution in [3.8, 4) is 0 Å². The van der Waals surface area contributed by atoms with Crippen molar-refractivity contribution in [2.45, 2.75) is 12.1 Å². The van der Waals surface area contributed by atoms with Gasteiger partial charge in [-0.3, -0.25) is 9.99 Å². The Hall–Kier alpha value is -2.85. The second-order valence-corrected chi connectivity index (χ2v) is 8.60. The summed E-state index contributed by atoms with van der Waals surface area (Å²) < 4.78 is 5.68. The molecule has 1 saturated heterocycles. The number of pyridine rings is 1. The Balaban J connectivity index is 1.87. The molecule has 33 heavy (non-hydrogen) atoms. The molecule has 4 rings (SSSR count). The molecule has 0 N–H and O–H groups in total. The lowest BCUT2D eigenvalue weighted by Gasteiger charge is -2.39. The first-order valence-electron chi connectivity index (χ1n) is 11.0. The van der Waals surface area contributed by atoms with E-state index in [2.05, 4.69) is 15.0 Å². The zero-order valence-electron chi connectivity index (χ0n) is 19.2. The molecule has 172 valence electrons. The maximum absolute atomic E-state index is 14.1. The van der Waals surface area contributed by atoms with E-state index in [0.717, 1.165) is 11.4 Å². The molecule has 1 aliphatic heterocycles. The summed E-state index contributed by atoms with van der Waals surface area (Å²) in [7, 11) is 1.92. The molecular formula is C24H29N6O2S+. The van der Waals surface area contributed by atoms with Gasteiger partial charge in [-0.1, -0.05) is 30.0 Å². The number of rotatable bonds is 7. The number of quaternary nitrogens is 1. The van der Waals surface area contributed by atoms with Crippen LogP contribution in [0.3, 0.4) is 0 Å². The van der Waals surface area contributed by atoms with Crippen molar-refractivity contribution in [1.29, 1.82) is 0 Å². The summed E-state index contributed by atoms with van der Waals surface area (Å²) in [6.07, 6.45) is 7.03. The minimum atomic E-state index is -0.0689. The molecule has 8 nitrogen and oxygen atoms in total. The molecule has 3 heterocycles. The highest BCUT2D eigenvalue weighted by atomic mass is 32.2. The van der Waals surface area contributed by atoms with Crippen molar-refractivity contribution in [2.24, 2.45) is 0 Å². The third-order valence-corrected chi connectivity index (χ3v) is 6.51. The fourth-order valence-corrected chi connectivity index (χ4v) is 4.23. The van der Waals surface area contributed by atoms with Gasteiger partial charge in [-0.15, -0.1) is 0 Å². The average Bonchev–Trinajstić information content (AvgIpc) is 2.89. The Morgan fingerprint density at radius 1 is 1.15 bits per heavy atom. The van der Waals surface area contributed by atoms with E-state index in [1.165, 1.54) is 11.8 Å². The summed E-state index contributed by atoms with van der Waals surface area (Å²) in [6, 6.07) is 13.8. The minimum Gasteiger partial charge on any atom is -0.379 e. The Bertz CT molecular complexity index is 1080. The summed E-state index contributed by atoms with van der Waals surface area (Å²) >= 11 is 1.46. The van der Waals surface area contributed by atoms with Gasteiger partial charge in [-0.25, -0.2) is 24.3 Å². The first-order chi connectivity index (χ1) is 16.1. The van der Waals surface area contributed by atoms with Crippen LogP contribution < -0.4 is 9.49 Å². The van der Waals surface area contributed by atoms with Crippen molar-refractivity contribution in [1.82, 2.24) is 24.4 Å². The van der Waals surface area contributed by atoms with Gasteiger partial charge in [0.1, 0.15) is 11.3 Å². The van der Waals surface area contributed by atoms with Crippen LogP contribution in [0, 0.1) is 0 Å². The second-order valence-electron chi connectivity index (χ2n) is 7.83. The van der Waals surface area contributed by atoms with Crippen LogP contribution in [0.5, 0.6) is 0 Å². The van der Waals surface area contributed by atoms with Crippen LogP contribution in [-0.2, 0) is 4.74 Å². The Kier molecular flexibility index (Phi) is 7.34. The number of hydrazine groups is 1. The molecule has 2 aromatic heterocycles. The highest BCUT2D eigenvalue weighted by molar-refractivity contribution is 7.98. The molecule has 1 amide bonds. The zero-order valence-corrected chi connectivity index (χ0v) is 20.0. The van der Waals surface area contributed by atoms with E-state index < -0.39 is 0 Å². The summed E-state index contributed by atoms with van der Waals surface area (Å²) in [5, 5.41) is 4.85. The number of benzene rings is 1. The molecule has 1 unspecified atom stereocenters. The Morgan fingerprint density at radius 3 is 2.48 bits per heavy atom. The van der Waals surface area contributed by atoms with Gasteiger partial charge in [0.2, 0.25) is 0 Å². The van der Waals surface area contributed by atoms with Gasteiger partial charge in [-0.2, -0.15) is 0 Å². The molecule has 0 radical (unpaired) electrons. The average molecular weight is 466 g/mol. The van der Waals surface area contributed by atoms with Gasteiger partial charge in [0.05, 0.1) is 38.7 Å². The summed E-state index contributed by atoms with van der Waals surface area (Å²) in [4.78, 5) is 27.6. The summed E-state index contributed by atoms with van der Waals surface area (Å²) in [5.41, 5.74) is 2.29. The predicted molar refractivity (Wildman–Crippen MR) is 132 cm³/mol. The molecule has 1 aliphatic rings. The lowest BCUT2D eigenvalue weighted by atomic mass is 10.1. The van der Waals surface area contributed by atoms with Gasteiger partial charge in [-0.05, 0) is 25.3 Å². The maximum Gasteiger partial charge on any atom is 0.356 e. The van der Waals surface area contributed by atoms with E-state index in [4.69, 9.17) is 9.72 Å². The van der Waals surface area contributed by atoms with Gasteiger partial charge in [0, 0.05) is 37.6 Å². The molecule has 0 spiro atoms. The van der Waals surface area contributed by atoms with Crippen molar-refractivity contribution < 1.29 is 9.53 Å². The molecule has 0 bridgehead atoms. The molecule has 1 fully saturated rings. The number of hydrogen-bond donors (Lipinski definition) is 0. The predicted octanol–water partition coefficient (Wildman–Crippen LogP) is 3.78. The molecule has 3 aromatic rings. The number of aromatic nitrogens is 3. The number of amides is 1. The number of para-hydroxylation sites is 1. The number of morpholine rings is 1. The molecule has 0 saturated carbocycles. The van der Waals surface area contributed by atoms with E-state index >= 15 is 0 Å². The third kappa shape index (κ3) is 4.77. The van der Waals surface area contributed by atoms with Gasteiger partial charge >= 0.3 is 5.91 Å². The number of ether oxygens (including phenoxy) is 1. The van der Waals surface area contributed by atoms with Crippen molar-refractivity contribution in [2.75, 3.05) is 51.2 Å². The molecule has 1 aromatic carbocycles. The van der Waals surface area contributed by atoms with E-state index in [9.17, 15) is 4.79 Å². The number of nitrogens with zero attached hydrogens (tertiary/aromatic N) is 6. The maximum atomic E-state index is 14.1. The van der Waals surface area contributed by atoms with Crippen LogP contribution in [-0.4, -0.2) is 72.0 Å². The van der Waals surface area contributed by atoms with E-state index in [0.29, 0.717) is 49.4 Å². The highest BCUT2D eigenvalue weighted by Gasteiger charge is 2.38.